The second-order valence-electron chi connectivity index (χ2n) is 6.04. The average molecular weight is 291 g/mol. The van der Waals surface area contributed by atoms with Gasteiger partial charge in [-0.15, -0.1) is 0 Å². The molecule has 2 aliphatic heterocycles. The SMILES string of the molecule is CNc1nc(N(C)C)nc(N2CCN3CCCCC3C2)n1. The van der Waals surface area contributed by atoms with Crippen LogP contribution in [0.5, 0.6) is 0 Å². The van der Waals surface area contributed by atoms with Gasteiger partial charge in [-0.2, -0.15) is 15.0 Å². The third-order valence-corrected chi connectivity index (χ3v) is 4.36. The van der Waals surface area contributed by atoms with Crippen LogP contribution in [0, 0.1) is 0 Å². The summed E-state index contributed by atoms with van der Waals surface area (Å²) in [6.45, 7) is 4.39. The van der Waals surface area contributed by atoms with E-state index in [1.165, 1.54) is 25.8 Å². The second kappa shape index (κ2) is 6.01. The predicted octanol–water partition coefficient (Wildman–Crippen LogP) is 0.654. The van der Waals surface area contributed by atoms with Gasteiger partial charge in [0.15, 0.2) is 0 Å². The molecule has 1 unspecified atom stereocenters. The van der Waals surface area contributed by atoms with E-state index in [0.717, 1.165) is 25.6 Å². The lowest BCUT2D eigenvalue weighted by molar-refractivity contribution is 0.133. The molecular weight excluding hydrogens is 266 g/mol. The summed E-state index contributed by atoms with van der Waals surface area (Å²) in [6.07, 6.45) is 3.98. The number of fused-ring (bicyclic) bond motifs is 1. The van der Waals surface area contributed by atoms with Gasteiger partial charge in [-0.25, -0.2) is 0 Å². The molecule has 2 fully saturated rings. The lowest BCUT2D eigenvalue weighted by Gasteiger charge is -2.44. The first kappa shape index (κ1) is 14.3. The van der Waals surface area contributed by atoms with Crippen molar-refractivity contribution in [3.05, 3.63) is 0 Å². The van der Waals surface area contributed by atoms with E-state index in [1.54, 1.807) is 0 Å². The fraction of sp³-hybridized carbons (Fsp3) is 0.786. The molecule has 21 heavy (non-hydrogen) atoms. The molecule has 0 saturated carbocycles. The lowest BCUT2D eigenvalue weighted by Crippen LogP contribution is -2.55. The van der Waals surface area contributed by atoms with Crippen LogP contribution in [0.4, 0.5) is 17.8 Å². The Bertz CT molecular complexity index is 490. The highest BCUT2D eigenvalue weighted by molar-refractivity contribution is 5.44. The van der Waals surface area contributed by atoms with Crippen molar-refractivity contribution in [2.24, 2.45) is 0 Å². The molecule has 7 heteroatoms. The Kier molecular flexibility index (Phi) is 4.10. The molecule has 0 amide bonds. The monoisotopic (exact) mass is 291 g/mol. The molecule has 0 spiro atoms. The largest absolute Gasteiger partial charge is 0.357 e. The maximum Gasteiger partial charge on any atom is 0.232 e. The van der Waals surface area contributed by atoms with Gasteiger partial charge in [0, 0.05) is 46.8 Å². The quantitative estimate of drug-likeness (QED) is 0.877. The molecular formula is C14H25N7. The van der Waals surface area contributed by atoms with Crippen LogP contribution >= 0.6 is 0 Å². The summed E-state index contributed by atoms with van der Waals surface area (Å²) in [4.78, 5) is 20.4. The molecule has 3 heterocycles. The van der Waals surface area contributed by atoms with E-state index in [0.29, 0.717) is 17.9 Å². The summed E-state index contributed by atoms with van der Waals surface area (Å²) in [6, 6.07) is 0.658. The van der Waals surface area contributed by atoms with Crippen molar-refractivity contribution in [2.75, 3.05) is 62.4 Å². The van der Waals surface area contributed by atoms with E-state index in [-0.39, 0.29) is 0 Å². The van der Waals surface area contributed by atoms with Gasteiger partial charge < -0.3 is 15.1 Å². The minimum Gasteiger partial charge on any atom is -0.357 e. The summed E-state index contributed by atoms with van der Waals surface area (Å²) in [5.74, 6) is 2.13. The molecule has 2 saturated heterocycles. The predicted molar refractivity (Wildman–Crippen MR) is 85.1 cm³/mol. The zero-order valence-electron chi connectivity index (χ0n) is 13.2. The van der Waals surface area contributed by atoms with Crippen molar-refractivity contribution < 1.29 is 0 Å². The molecule has 0 radical (unpaired) electrons. The molecule has 3 rings (SSSR count). The van der Waals surface area contributed by atoms with Gasteiger partial charge in [0.2, 0.25) is 17.8 Å². The third-order valence-electron chi connectivity index (χ3n) is 4.36. The maximum atomic E-state index is 4.61. The molecule has 0 bridgehead atoms. The summed E-state index contributed by atoms with van der Waals surface area (Å²) < 4.78 is 0. The Morgan fingerprint density at radius 3 is 2.71 bits per heavy atom. The molecule has 0 aliphatic carbocycles. The van der Waals surface area contributed by atoms with Crippen molar-refractivity contribution >= 4 is 17.8 Å². The van der Waals surface area contributed by atoms with Crippen LogP contribution in [0.25, 0.3) is 0 Å². The summed E-state index contributed by atoms with van der Waals surface area (Å²) in [5.41, 5.74) is 0. The molecule has 1 atom stereocenters. The Morgan fingerprint density at radius 1 is 1.10 bits per heavy atom. The highest BCUT2D eigenvalue weighted by atomic mass is 15.4. The summed E-state index contributed by atoms with van der Waals surface area (Å²) >= 11 is 0. The van der Waals surface area contributed by atoms with Crippen LogP contribution in [0.1, 0.15) is 19.3 Å². The van der Waals surface area contributed by atoms with E-state index >= 15 is 0 Å². The van der Waals surface area contributed by atoms with E-state index in [1.807, 2.05) is 26.0 Å². The smallest absolute Gasteiger partial charge is 0.232 e. The number of anilines is 3. The first-order valence-corrected chi connectivity index (χ1v) is 7.77. The topological polar surface area (TPSA) is 60.4 Å². The fourth-order valence-corrected chi connectivity index (χ4v) is 3.14. The highest BCUT2D eigenvalue weighted by Gasteiger charge is 2.30. The van der Waals surface area contributed by atoms with Gasteiger partial charge in [0.25, 0.3) is 0 Å². The molecule has 7 nitrogen and oxygen atoms in total. The molecule has 0 aromatic carbocycles. The number of hydrogen-bond donors (Lipinski definition) is 1. The number of nitrogens with one attached hydrogen (secondary N) is 1. The molecule has 1 N–H and O–H groups in total. The van der Waals surface area contributed by atoms with Gasteiger partial charge in [0.1, 0.15) is 0 Å². The molecule has 1 aromatic rings. The van der Waals surface area contributed by atoms with Crippen LogP contribution in [0.15, 0.2) is 0 Å². The molecule has 116 valence electrons. The first-order chi connectivity index (χ1) is 10.2. The van der Waals surface area contributed by atoms with Crippen LogP contribution in [0.3, 0.4) is 0 Å². The van der Waals surface area contributed by atoms with Crippen molar-refractivity contribution in [2.45, 2.75) is 25.3 Å². The minimum absolute atomic E-state index is 0.634. The first-order valence-electron chi connectivity index (χ1n) is 7.77. The number of nitrogens with zero attached hydrogens (tertiary/aromatic N) is 6. The molecule has 1 aromatic heterocycles. The fourth-order valence-electron chi connectivity index (χ4n) is 3.14. The number of piperidine rings is 1. The number of piperazine rings is 1. The van der Waals surface area contributed by atoms with Gasteiger partial charge in [-0.1, -0.05) is 6.42 Å². The van der Waals surface area contributed by atoms with Crippen molar-refractivity contribution in [1.29, 1.82) is 0 Å². The van der Waals surface area contributed by atoms with E-state index < -0.39 is 0 Å². The van der Waals surface area contributed by atoms with E-state index in [2.05, 4.69) is 30.1 Å². The normalized spacial score (nSPS) is 22.8. The number of rotatable bonds is 3. The summed E-state index contributed by atoms with van der Waals surface area (Å²) in [5, 5.41) is 3.03. The van der Waals surface area contributed by atoms with E-state index in [9.17, 15) is 0 Å². The van der Waals surface area contributed by atoms with Crippen LogP contribution in [-0.2, 0) is 0 Å². The Morgan fingerprint density at radius 2 is 1.95 bits per heavy atom. The number of aromatic nitrogens is 3. The maximum absolute atomic E-state index is 4.61. The van der Waals surface area contributed by atoms with Gasteiger partial charge >= 0.3 is 0 Å². The third kappa shape index (κ3) is 3.02. The lowest BCUT2D eigenvalue weighted by atomic mass is 10.00. The minimum atomic E-state index is 0.634. The number of hydrogen-bond acceptors (Lipinski definition) is 7. The van der Waals surface area contributed by atoms with Crippen LogP contribution < -0.4 is 15.1 Å². The molecule has 2 aliphatic rings. The standard InChI is InChI=1S/C14H25N7/c1-15-12-16-13(19(2)3)18-14(17-12)21-9-8-20-7-5-4-6-11(20)10-21/h11H,4-10H2,1-3H3,(H,15,16,17,18). The van der Waals surface area contributed by atoms with Gasteiger partial charge in [0.05, 0.1) is 0 Å². The van der Waals surface area contributed by atoms with Crippen molar-refractivity contribution in [3.63, 3.8) is 0 Å². The van der Waals surface area contributed by atoms with Gasteiger partial charge in [-0.05, 0) is 19.4 Å². The zero-order valence-corrected chi connectivity index (χ0v) is 13.2. The van der Waals surface area contributed by atoms with Gasteiger partial charge in [-0.3, -0.25) is 4.90 Å². The Hall–Kier alpha value is -1.63. The second-order valence-corrected chi connectivity index (χ2v) is 6.04. The van der Waals surface area contributed by atoms with E-state index in [4.69, 9.17) is 0 Å². The average Bonchev–Trinajstić information content (AvgIpc) is 2.53. The Balaban J connectivity index is 1.81. The Labute approximate surface area is 126 Å². The van der Waals surface area contributed by atoms with Crippen molar-refractivity contribution in [1.82, 2.24) is 19.9 Å². The summed E-state index contributed by atoms with van der Waals surface area (Å²) in [7, 11) is 5.76. The zero-order chi connectivity index (χ0) is 14.8. The van der Waals surface area contributed by atoms with Crippen LogP contribution in [0.2, 0.25) is 0 Å². The highest BCUT2D eigenvalue weighted by Crippen LogP contribution is 2.24. The van der Waals surface area contributed by atoms with Crippen molar-refractivity contribution in [3.8, 4) is 0 Å². The van der Waals surface area contributed by atoms with Crippen LogP contribution in [-0.4, -0.2) is 73.2 Å².